The van der Waals surface area contributed by atoms with Crippen LogP contribution in [-0.2, 0) is 0 Å². The molecule has 3 aromatic rings. The monoisotopic (exact) mass is 335 g/mol. The standard InChI is InChI=1S/C17H18BN5O2/c1-9-7-21-17(22-9)23-11-4-10(5-11)13-6-18(24)25-14-8-20-16-12(15(13)14)2-3-19-16/h2-3,6-8,10-11,24H,4-5H2,1H3,(H,19,20)(H2,21,22,23). The molecule has 0 spiro atoms. The molecule has 1 aliphatic heterocycles. The summed E-state index contributed by atoms with van der Waals surface area (Å²) in [6.45, 7) is 1.99. The van der Waals surface area contributed by atoms with Crippen LogP contribution in [0.25, 0.3) is 16.6 Å². The van der Waals surface area contributed by atoms with E-state index in [1.807, 2.05) is 31.4 Å². The Morgan fingerprint density at radius 1 is 1.32 bits per heavy atom. The van der Waals surface area contributed by atoms with Gasteiger partial charge in [0.1, 0.15) is 11.4 Å². The highest BCUT2D eigenvalue weighted by molar-refractivity contribution is 6.52. The number of H-pyrrole nitrogens is 2. The molecule has 3 aromatic heterocycles. The summed E-state index contributed by atoms with van der Waals surface area (Å²) in [6, 6.07) is 2.39. The van der Waals surface area contributed by atoms with Crippen LogP contribution in [0.1, 0.15) is 24.1 Å². The summed E-state index contributed by atoms with van der Waals surface area (Å²) >= 11 is 0. The predicted molar refractivity (Wildman–Crippen MR) is 96.1 cm³/mol. The molecule has 0 atom stereocenters. The summed E-state index contributed by atoms with van der Waals surface area (Å²) in [7, 11) is -0.916. The fraction of sp³-hybridized carbons (Fsp3) is 0.294. The molecule has 4 heterocycles. The number of fused-ring (bicyclic) bond motifs is 3. The van der Waals surface area contributed by atoms with E-state index in [2.05, 4.69) is 25.3 Å². The fourth-order valence-corrected chi connectivity index (χ4v) is 3.79. The van der Waals surface area contributed by atoms with Gasteiger partial charge in [-0.3, -0.25) is 0 Å². The van der Waals surface area contributed by atoms with Gasteiger partial charge in [-0.15, -0.1) is 0 Å². The lowest BCUT2D eigenvalue weighted by Gasteiger charge is -2.39. The Kier molecular flexibility index (Phi) is 3.14. The van der Waals surface area contributed by atoms with Gasteiger partial charge >= 0.3 is 7.12 Å². The third-order valence-electron chi connectivity index (χ3n) is 5.03. The van der Waals surface area contributed by atoms with Crippen molar-refractivity contribution in [1.82, 2.24) is 19.9 Å². The minimum atomic E-state index is -0.916. The lowest BCUT2D eigenvalue weighted by Crippen LogP contribution is -2.38. The van der Waals surface area contributed by atoms with Crippen molar-refractivity contribution in [3.63, 3.8) is 0 Å². The Balaban J connectivity index is 1.40. The zero-order valence-electron chi connectivity index (χ0n) is 13.8. The van der Waals surface area contributed by atoms with Crippen molar-refractivity contribution in [3.05, 3.63) is 41.9 Å². The first-order valence-electron chi connectivity index (χ1n) is 8.48. The molecule has 0 saturated heterocycles. The van der Waals surface area contributed by atoms with E-state index in [1.165, 1.54) is 0 Å². The van der Waals surface area contributed by atoms with Crippen molar-refractivity contribution in [2.24, 2.45) is 5.92 Å². The lowest BCUT2D eigenvalue weighted by atomic mass is 9.68. The predicted octanol–water partition coefficient (Wildman–Crippen LogP) is 2.28. The fourth-order valence-electron chi connectivity index (χ4n) is 3.79. The van der Waals surface area contributed by atoms with Crippen LogP contribution in [0.15, 0.2) is 30.6 Å². The second kappa shape index (κ2) is 5.39. The molecule has 5 rings (SSSR count). The maximum absolute atomic E-state index is 10.1. The minimum absolute atomic E-state index is 0.378. The highest BCUT2D eigenvalue weighted by Gasteiger charge is 2.37. The highest BCUT2D eigenvalue weighted by atomic mass is 16.5. The first kappa shape index (κ1) is 14.6. The minimum Gasteiger partial charge on any atom is -0.531 e. The number of aryl methyl sites for hydroxylation is 1. The van der Waals surface area contributed by atoms with Gasteiger partial charge in [0, 0.05) is 35.1 Å². The van der Waals surface area contributed by atoms with Gasteiger partial charge in [0.15, 0.2) is 0 Å². The number of nitrogens with one attached hydrogen (secondary N) is 3. The van der Waals surface area contributed by atoms with Gasteiger partial charge in [0.25, 0.3) is 0 Å². The van der Waals surface area contributed by atoms with E-state index in [4.69, 9.17) is 4.65 Å². The number of allylic oxidation sites excluding steroid dienone is 1. The molecule has 0 radical (unpaired) electrons. The average Bonchev–Trinajstić information content (AvgIpc) is 3.18. The van der Waals surface area contributed by atoms with Crippen molar-refractivity contribution in [2.75, 3.05) is 5.32 Å². The van der Waals surface area contributed by atoms with Crippen LogP contribution in [0, 0.1) is 12.8 Å². The quantitative estimate of drug-likeness (QED) is 0.551. The lowest BCUT2D eigenvalue weighted by molar-refractivity contribution is 0.351. The van der Waals surface area contributed by atoms with Gasteiger partial charge < -0.3 is 25.0 Å². The average molecular weight is 335 g/mol. The van der Waals surface area contributed by atoms with Gasteiger partial charge in [-0.05, 0) is 43.3 Å². The van der Waals surface area contributed by atoms with E-state index in [9.17, 15) is 5.02 Å². The van der Waals surface area contributed by atoms with Gasteiger partial charge in [-0.2, -0.15) is 0 Å². The van der Waals surface area contributed by atoms with Crippen LogP contribution in [-0.4, -0.2) is 38.1 Å². The van der Waals surface area contributed by atoms with Crippen LogP contribution in [0.4, 0.5) is 5.95 Å². The van der Waals surface area contributed by atoms with Gasteiger partial charge in [0.05, 0.1) is 6.20 Å². The van der Waals surface area contributed by atoms with E-state index in [-0.39, 0.29) is 0 Å². The van der Waals surface area contributed by atoms with Crippen molar-refractivity contribution in [3.8, 4) is 5.75 Å². The summed E-state index contributed by atoms with van der Waals surface area (Å²) in [6.07, 6.45) is 7.37. The molecule has 0 aromatic carbocycles. The van der Waals surface area contributed by atoms with Crippen LogP contribution in [0.2, 0.25) is 0 Å². The molecule has 25 heavy (non-hydrogen) atoms. The molecular formula is C17H18BN5O2. The maximum atomic E-state index is 10.1. The first-order chi connectivity index (χ1) is 12.2. The topological polar surface area (TPSA) is 98.8 Å². The summed E-state index contributed by atoms with van der Waals surface area (Å²) in [4.78, 5) is 15.0. The zero-order chi connectivity index (χ0) is 17.0. The van der Waals surface area contributed by atoms with Crippen molar-refractivity contribution >= 4 is 29.7 Å². The number of rotatable bonds is 3. The van der Waals surface area contributed by atoms with Gasteiger partial charge in [0.2, 0.25) is 5.95 Å². The highest BCUT2D eigenvalue weighted by Crippen LogP contribution is 2.46. The molecule has 1 fully saturated rings. The van der Waals surface area contributed by atoms with Crippen molar-refractivity contribution < 1.29 is 9.68 Å². The third-order valence-corrected chi connectivity index (χ3v) is 5.03. The van der Waals surface area contributed by atoms with Crippen LogP contribution < -0.4 is 9.97 Å². The number of aromatic amines is 2. The van der Waals surface area contributed by atoms with E-state index >= 15 is 0 Å². The number of nitrogens with zero attached hydrogens (tertiary/aromatic N) is 2. The van der Waals surface area contributed by atoms with E-state index in [1.54, 1.807) is 6.20 Å². The van der Waals surface area contributed by atoms with Crippen LogP contribution in [0.3, 0.4) is 0 Å². The Bertz CT molecular complexity index is 972. The molecule has 1 aliphatic carbocycles. The largest absolute Gasteiger partial charge is 0.552 e. The summed E-state index contributed by atoms with van der Waals surface area (Å²) in [5.74, 6) is 3.67. The summed E-state index contributed by atoms with van der Waals surface area (Å²) in [5, 5.41) is 14.5. The molecule has 0 unspecified atom stereocenters. The second-order valence-electron chi connectivity index (χ2n) is 6.79. The van der Waals surface area contributed by atoms with Gasteiger partial charge in [-0.25, -0.2) is 9.97 Å². The van der Waals surface area contributed by atoms with E-state index in [0.717, 1.165) is 46.7 Å². The first-order valence-corrected chi connectivity index (χ1v) is 8.48. The van der Waals surface area contributed by atoms with Crippen molar-refractivity contribution in [2.45, 2.75) is 25.8 Å². The number of aromatic nitrogens is 4. The third kappa shape index (κ3) is 2.41. The van der Waals surface area contributed by atoms with Gasteiger partial charge in [-0.1, -0.05) is 0 Å². The molecule has 7 nitrogen and oxygen atoms in total. The van der Waals surface area contributed by atoms with Crippen LogP contribution in [0.5, 0.6) is 5.75 Å². The molecular weight excluding hydrogens is 317 g/mol. The van der Waals surface area contributed by atoms with Crippen LogP contribution >= 0.6 is 0 Å². The molecule has 2 aliphatic rings. The molecule has 4 N–H and O–H groups in total. The molecule has 0 amide bonds. The normalized spacial score (nSPS) is 22.2. The Morgan fingerprint density at radius 3 is 3.00 bits per heavy atom. The van der Waals surface area contributed by atoms with Crippen molar-refractivity contribution in [1.29, 1.82) is 0 Å². The maximum Gasteiger partial charge on any atom is 0.552 e. The number of anilines is 1. The Hall–Kier alpha value is -2.74. The summed E-state index contributed by atoms with van der Waals surface area (Å²) in [5.41, 5.74) is 4.08. The Labute approximate surface area is 144 Å². The molecule has 1 saturated carbocycles. The zero-order valence-corrected chi connectivity index (χ0v) is 13.8. The molecule has 126 valence electrons. The smallest absolute Gasteiger partial charge is 0.531 e. The molecule has 0 bridgehead atoms. The number of pyridine rings is 1. The summed E-state index contributed by atoms with van der Waals surface area (Å²) < 4.78 is 5.56. The van der Waals surface area contributed by atoms with E-state index < -0.39 is 7.12 Å². The number of hydrogen-bond acceptors (Lipinski definition) is 5. The number of imidazole rings is 1. The Morgan fingerprint density at radius 2 is 2.20 bits per heavy atom. The molecule has 8 heteroatoms. The van der Waals surface area contributed by atoms with E-state index in [0.29, 0.717) is 17.7 Å². The number of hydrogen-bond donors (Lipinski definition) is 4. The SMILES string of the molecule is Cc1cnc(NC2CC(C3=CB(O)Oc4cnc5[nH]ccc5c43)C2)[nH]1. The second-order valence-corrected chi connectivity index (χ2v) is 6.79.